The summed E-state index contributed by atoms with van der Waals surface area (Å²) < 4.78 is 7.44. The third-order valence-corrected chi connectivity index (χ3v) is 4.40. The van der Waals surface area contributed by atoms with Gasteiger partial charge in [-0.2, -0.15) is 0 Å². The predicted octanol–water partition coefficient (Wildman–Crippen LogP) is 0.321. The van der Waals surface area contributed by atoms with Crippen molar-refractivity contribution < 1.29 is 9.53 Å². The van der Waals surface area contributed by atoms with Crippen molar-refractivity contribution in [1.29, 1.82) is 0 Å². The highest BCUT2D eigenvalue weighted by Gasteiger charge is 2.36. The maximum Gasteiger partial charge on any atom is 0.271 e. The Kier molecular flexibility index (Phi) is 3.31. The van der Waals surface area contributed by atoms with Crippen LogP contribution in [0.4, 0.5) is 0 Å². The number of nitrogens with zero attached hydrogens (tertiary/aromatic N) is 4. The number of hydrogen-bond donors (Lipinski definition) is 1. The Bertz CT molecular complexity index is 667. The van der Waals surface area contributed by atoms with Crippen molar-refractivity contribution in [3.05, 3.63) is 30.4 Å². The van der Waals surface area contributed by atoms with E-state index < -0.39 is 0 Å². The molecule has 0 radical (unpaired) electrons. The van der Waals surface area contributed by atoms with Gasteiger partial charge in [-0.15, -0.1) is 0 Å². The summed E-state index contributed by atoms with van der Waals surface area (Å²) in [6, 6.07) is 2.39. The maximum absolute atomic E-state index is 12.4. The summed E-state index contributed by atoms with van der Waals surface area (Å²) >= 11 is 0. The fourth-order valence-corrected chi connectivity index (χ4v) is 3.34. The highest BCUT2D eigenvalue weighted by atomic mass is 16.5. The molecular formula is C15H19N5O2. The van der Waals surface area contributed by atoms with Crippen molar-refractivity contribution in [3.63, 3.8) is 0 Å². The predicted molar refractivity (Wildman–Crippen MR) is 79.6 cm³/mol. The van der Waals surface area contributed by atoms with Crippen molar-refractivity contribution in [2.24, 2.45) is 0 Å². The molecule has 0 spiro atoms. The average Bonchev–Trinajstić information content (AvgIpc) is 3.09. The van der Waals surface area contributed by atoms with Gasteiger partial charge in [0.2, 0.25) is 5.78 Å². The zero-order chi connectivity index (χ0) is 15.1. The number of imidazole rings is 1. The summed E-state index contributed by atoms with van der Waals surface area (Å²) in [6.45, 7) is 4.67. The summed E-state index contributed by atoms with van der Waals surface area (Å²) in [6.07, 6.45) is 6.42. The van der Waals surface area contributed by atoms with Crippen LogP contribution in [0.15, 0.2) is 24.7 Å². The number of fused-ring (bicyclic) bond motifs is 2. The van der Waals surface area contributed by atoms with Gasteiger partial charge >= 0.3 is 0 Å². The van der Waals surface area contributed by atoms with Gasteiger partial charge in [0.05, 0.1) is 12.7 Å². The Morgan fingerprint density at radius 1 is 1.45 bits per heavy atom. The van der Waals surface area contributed by atoms with Gasteiger partial charge in [-0.1, -0.05) is 0 Å². The maximum atomic E-state index is 12.4. The second-order valence-corrected chi connectivity index (χ2v) is 6.11. The number of nitrogens with one attached hydrogen (secondary N) is 1. The summed E-state index contributed by atoms with van der Waals surface area (Å²) in [5, 5.41) is 3.09. The van der Waals surface area contributed by atoms with Crippen molar-refractivity contribution in [2.45, 2.75) is 31.5 Å². The lowest BCUT2D eigenvalue weighted by Crippen LogP contribution is -2.45. The molecule has 0 aliphatic carbocycles. The van der Waals surface area contributed by atoms with Crippen molar-refractivity contribution in [1.82, 2.24) is 24.6 Å². The van der Waals surface area contributed by atoms with E-state index in [9.17, 15) is 4.79 Å². The molecule has 2 saturated heterocycles. The zero-order valence-electron chi connectivity index (χ0n) is 12.5. The average molecular weight is 301 g/mol. The van der Waals surface area contributed by atoms with Gasteiger partial charge in [0.25, 0.3) is 5.91 Å². The van der Waals surface area contributed by atoms with E-state index in [0.29, 0.717) is 17.5 Å². The van der Waals surface area contributed by atoms with Crippen LogP contribution in [-0.2, 0) is 4.74 Å². The van der Waals surface area contributed by atoms with Gasteiger partial charge in [-0.05, 0) is 19.4 Å². The number of carbonyl (C=O) groups is 1. The van der Waals surface area contributed by atoms with Crippen molar-refractivity contribution >= 4 is 11.7 Å². The quantitative estimate of drug-likeness (QED) is 0.865. The van der Waals surface area contributed by atoms with E-state index in [1.54, 1.807) is 16.8 Å². The molecule has 4 heterocycles. The minimum Gasteiger partial charge on any atom is -0.376 e. The largest absolute Gasteiger partial charge is 0.376 e. The van der Waals surface area contributed by atoms with Crippen LogP contribution in [0.1, 0.15) is 23.8 Å². The van der Waals surface area contributed by atoms with Gasteiger partial charge in [-0.3, -0.25) is 14.1 Å². The first-order chi connectivity index (χ1) is 10.7. The van der Waals surface area contributed by atoms with Crippen LogP contribution in [0.5, 0.6) is 0 Å². The van der Waals surface area contributed by atoms with Crippen molar-refractivity contribution in [3.8, 4) is 0 Å². The van der Waals surface area contributed by atoms with E-state index in [1.807, 2.05) is 12.3 Å². The first-order valence-electron chi connectivity index (χ1n) is 7.65. The summed E-state index contributed by atoms with van der Waals surface area (Å²) in [4.78, 5) is 23.2. The highest BCUT2D eigenvalue weighted by molar-refractivity contribution is 5.92. The molecule has 22 heavy (non-hydrogen) atoms. The number of carbonyl (C=O) groups excluding carboxylic acids is 1. The standard InChI is InChI=1S/C15H19N5O2/c1-10-6-20-7-11(5-12(20)9-22-10)17-14(21)13-8-19-4-2-3-16-15(19)18-13/h2-4,8,10-12H,5-7,9H2,1H3,(H,17,21). The monoisotopic (exact) mass is 301 g/mol. The third-order valence-electron chi connectivity index (χ3n) is 4.40. The molecule has 7 heteroatoms. The molecule has 1 amide bonds. The normalized spacial score (nSPS) is 28.7. The molecule has 2 aromatic heterocycles. The fraction of sp³-hybridized carbons (Fsp3) is 0.533. The Morgan fingerprint density at radius 3 is 3.23 bits per heavy atom. The summed E-state index contributed by atoms with van der Waals surface area (Å²) in [7, 11) is 0. The van der Waals surface area contributed by atoms with E-state index in [1.165, 1.54) is 0 Å². The minimum absolute atomic E-state index is 0.135. The van der Waals surface area contributed by atoms with Gasteiger partial charge in [0, 0.05) is 43.8 Å². The Balaban J connectivity index is 1.44. The molecule has 2 aromatic rings. The van der Waals surface area contributed by atoms with Gasteiger partial charge in [0.1, 0.15) is 5.69 Å². The topological polar surface area (TPSA) is 71.8 Å². The van der Waals surface area contributed by atoms with Crippen LogP contribution >= 0.6 is 0 Å². The van der Waals surface area contributed by atoms with Crippen molar-refractivity contribution in [2.75, 3.05) is 19.7 Å². The number of amides is 1. The van der Waals surface area contributed by atoms with E-state index in [0.717, 1.165) is 26.1 Å². The number of aromatic nitrogens is 3. The molecule has 1 N–H and O–H groups in total. The summed E-state index contributed by atoms with van der Waals surface area (Å²) in [5.41, 5.74) is 0.410. The lowest BCUT2D eigenvalue weighted by molar-refractivity contribution is -0.0390. The molecule has 4 rings (SSSR count). The van der Waals surface area contributed by atoms with Gasteiger partial charge < -0.3 is 10.1 Å². The molecule has 3 atom stereocenters. The molecule has 0 aromatic carbocycles. The molecule has 2 fully saturated rings. The van der Waals surface area contributed by atoms with Gasteiger partial charge in [-0.25, -0.2) is 9.97 Å². The van der Waals surface area contributed by atoms with Gasteiger partial charge in [0.15, 0.2) is 0 Å². The minimum atomic E-state index is -0.135. The third kappa shape index (κ3) is 2.46. The van der Waals surface area contributed by atoms with Crippen LogP contribution < -0.4 is 5.32 Å². The number of hydrogen-bond acceptors (Lipinski definition) is 5. The Hall–Kier alpha value is -1.99. The van der Waals surface area contributed by atoms with E-state index in [-0.39, 0.29) is 18.1 Å². The lowest BCUT2D eigenvalue weighted by atomic mass is 10.1. The van der Waals surface area contributed by atoms with Crippen LogP contribution in [0.25, 0.3) is 5.78 Å². The Morgan fingerprint density at radius 2 is 2.36 bits per heavy atom. The van der Waals surface area contributed by atoms with E-state index >= 15 is 0 Å². The van der Waals surface area contributed by atoms with E-state index in [2.05, 4.69) is 27.1 Å². The fourth-order valence-electron chi connectivity index (χ4n) is 3.34. The second kappa shape index (κ2) is 5.33. The molecule has 116 valence electrons. The molecule has 0 bridgehead atoms. The lowest BCUT2D eigenvalue weighted by Gasteiger charge is -2.33. The zero-order valence-corrected chi connectivity index (χ0v) is 12.5. The molecule has 2 aliphatic heterocycles. The van der Waals surface area contributed by atoms with Crippen LogP contribution in [0.3, 0.4) is 0 Å². The molecule has 0 saturated carbocycles. The SMILES string of the molecule is CC1CN2CC(NC(=O)c3cn4cccnc4n3)CC2CO1. The molecule has 3 unspecified atom stereocenters. The Labute approximate surface area is 128 Å². The smallest absolute Gasteiger partial charge is 0.271 e. The number of ether oxygens (including phenoxy) is 1. The second-order valence-electron chi connectivity index (χ2n) is 6.11. The number of morpholine rings is 1. The van der Waals surface area contributed by atoms with Crippen LogP contribution in [-0.4, -0.2) is 63.1 Å². The summed E-state index contributed by atoms with van der Waals surface area (Å²) in [5.74, 6) is 0.406. The van der Waals surface area contributed by atoms with Crippen LogP contribution in [0, 0.1) is 0 Å². The van der Waals surface area contributed by atoms with Crippen LogP contribution in [0.2, 0.25) is 0 Å². The molecule has 2 aliphatic rings. The first kappa shape index (κ1) is 13.7. The molecular weight excluding hydrogens is 282 g/mol. The molecule has 7 nitrogen and oxygen atoms in total. The highest BCUT2D eigenvalue weighted by Crippen LogP contribution is 2.23. The first-order valence-corrected chi connectivity index (χ1v) is 7.65. The van der Waals surface area contributed by atoms with E-state index in [4.69, 9.17) is 4.74 Å². The number of rotatable bonds is 2.